The quantitative estimate of drug-likeness (QED) is 0.554. The monoisotopic (exact) mass is 371 g/mol. The molecule has 1 unspecified atom stereocenters. The summed E-state index contributed by atoms with van der Waals surface area (Å²) in [5, 5.41) is 10.3. The molecule has 0 radical (unpaired) electrons. The molecule has 1 fully saturated rings. The Kier molecular flexibility index (Phi) is 9.57. The molecule has 0 amide bonds. The van der Waals surface area contributed by atoms with Gasteiger partial charge in [0.25, 0.3) is 0 Å². The minimum absolute atomic E-state index is 0.116. The lowest BCUT2D eigenvalue weighted by Crippen LogP contribution is -2.41. The number of carbonyl (C=O) groups excluding carboxylic acids is 2. The van der Waals surface area contributed by atoms with Crippen molar-refractivity contribution in [3.8, 4) is 0 Å². The van der Waals surface area contributed by atoms with E-state index in [0.717, 1.165) is 19.4 Å². The number of carboxylic acid groups (broad SMARTS) is 1. The van der Waals surface area contributed by atoms with Crippen LogP contribution in [-0.2, 0) is 23.8 Å². The minimum atomic E-state index is -5.08. The lowest BCUT2D eigenvalue weighted by atomic mass is 10.0. The molecule has 0 aromatic heterocycles. The third-order valence-corrected chi connectivity index (χ3v) is 2.98. The van der Waals surface area contributed by atoms with Gasteiger partial charge in [-0.05, 0) is 26.3 Å². The predicted octanol–water partition coefficient (Wildman–Crippen LogP) is 1.64. The number of hydrogen-bond donors (Lipinski definition) is 2. The zero-order valence-electron chi connectivity index (χ0n) is 13.7. The van der Waals surface area contributed by atoms with Crippen molar-refractivity contribution < 1.29 is 46.9 Å². The van der Waals surface area contributed by atoms with Gasteiger partial charge in [-0.1, -0.05) is 6.58 Å². The molecule has 2 atom stereocenters. The molecule has 1 aliphatic heterocycles. The average molecular weight is 371 g/mol. The van der Waals surface area contributed by atoms with E-state index in [1.165, 1.54) is 7.11 Å². The van der Waals surface area contributed by atoms with E-state index >= 15 is 0 Å². The maximum Gasteiger partial charge on any atom is 0.508 e. The second kappa shape index (κ2) is 10.5. The van der Waals surface area contributed by atoms with Crippen molar-refractivity contribution in [2.75, 3.05) is 20.3 Å². The predicted molar refractivity (Wildman–Crippen MR) is 77.8 cm³/mol. The molecule has 0 aliphatic carbocycles. The molecule has 1 aliphatic rings. The van der Waals surface area contributed by atoms with Gasteiger partial charge in [0.05, 0.1) is 19.3 Å². The fraction of sp³-hybridized carbons (Fsp3) is 0.643. The summed E-state index contributed by atoms with van der Waals surface area (Å²) in [6.07, 6.45) is -4.87. The van der Waals surface area contributed by atoms with Gasteiger partial charge >= 0.3 is 24.3 Å². The average Bonchev–Trinajstić information content (AvgIpc) is 3.05. The number of hydrogen-bond acceptors (Lipinski definition) is 7. The number of rotatable bonds is 5. The van der Waals surface area contributed by atoms with E-state index in [2.05, 4.69) is 16.6 Å². The molecule has 2 N–H and O–H groups in total. The van der Waals surface area contributed by atoms with Gasteiger partial charge in [0.15, 0.2) is 6.10 Å². The van der Waals surface area contributed by atoms with E-state index in [0.29, 0.717) is 0 Å². The van der Waals surface area contributed by atoms with Crippen LogP contribution in [0.25, 0.3) is 0 Å². The smallest absolute Gasteiger partial charge is 0.475 e. The largest absolute Gasteiger partial charge is 0.508 e. The Morgan fingerprint density at radius 1 is 1.36 bits per heavy atom. The second-order valence-electron chi connectivity index (χ2n) is 4.74. The minimum Gasteiger partial charge on any atom is -0.475 e. The molecule has 0 spiro atoms. The Labute approximate surface area is 141 Å². The fourth-order valence-corrected chi connectivity index (χ4v) is 1.87. The van der Waals surface area contributed by atoms with Gasteiger partial charge in [0.1, 0.15) is 0 Å². The SMILES string of the molecule is C=C(C(=O)OC)C(OC(=O)OCC)[C@@H]1CCCN1.O=C(O)C(F)(F)F. The Morgan fingerprint density at radius 3 is 2.28 bits per heavy atom. The molecule has 1 saturated heterocycles. The Morgan fingerprint density at radius 2 is 1.92 bits per heavy atom. The van der Waals surface area contributed by atoms with Crippen molar-refractivity contribution in [2.45, 2.75) is 38.1 Å². The van der Waals surface area contributed by atoms with Crippen molar-refractivity contribution in [1.29, 1.82) is 0 Å². The molecule has 144 valence electrons. The Bertz CT molecular complexity index is 487. The summed E-state index contributed by atoms with van der Waals surface area (Å²) in [4.78, 5) is 31.7. The maximum atomic E-state index is 11.5. The number of carboxylic acids is 1. The zero-order valence-corrected chi connectivity index (χ0v) is 13.7. The van der Waals surface area contributed by atoms with Crippen LogP contribution < -0.4 is 5.32 Å². The van der Waals surface area contributed by atoms with Crippen LogP contribution in [0.3, 0.4) is 0 Å². The van der Waals surface area contributed by atoms with Crippen LogP contribution in [0.1, 0.15) is 19.8 Å². The number of nitrogens with one attached hydrogen (secondary N) is 1. The van der Waals surface area contributed by atoms with Crippen LogP contribution >= 0.6 is 0 Å². The van der Waals surface area contributed by atoms with E-state index < -0.39 is 30.4 Å². The summed E-state index contributed by atoms with van der Waals surface area (Å²) in [5.74, 6) is -3.34. The van der Waals surface area contributed by atoms with Gasteiger partial charge in [0, 0.05) is 6.04 Å². The molecule has 11 heteroatoms. The van der Waals surface area contributed by atoms with Gasteiger partial charge in [-0.25, -0.2) is 14.4 Å². The van der Waals surface area contributed by atoms with Gasteiger partial charge in [-0.15, -0.1) is 0 Å². The number of methoxy groups -OCH3 is 1. The first kappa shape index (κ1) is 22.7. The Balaban J connectivity index is 0.000000697. The van der Waals surface area contributed by atoms with Crippen LogP contribution in [0.15, 0.2) is 12.2 Å². The van der Waals surface area contributed by atoms with Crippen LogP contribution in [-0.4, -0.2) is 61.8 Å². The maximum absolute atomic E-state index is 11.5. The molecule has 25 heavy (non-hydrogen) atoms. The van der Waals surface area contributed by atoms with Crippen molar-refractivity contribution >= 4 is 18.1 Å². The molecule has 1 heterocycles. The van der Waals surface area contributed by atoms with E-state index in [1.54, 1.807) is 6.92 Å². The fourth-order valence-electron chi connectivity index (χ4n) is 1.87. The third kappa shape index (κ3) is 8.38. The second-order valence-corrected chi connectivity index (χ2v) is 4.74. The van der Waals surface area contributed by atoms with Crippen molar-refractivity contribution in [3.05, 3.63) is 12.2 Å². The number of halogens is 3. The summed E-state index contributed by atoms with van der Waals surface area (Å²) < 4.78 is 46.2. The zero-order chi connectivity index (χ0) is 19.6. The Hall–Kier alpha value is -2.30. The highest BCUT2D eigenvalue weighted by molar-refractivity contribution is 5.89. The summed E-state index contributed by atoms with van der Waals surface area (Å²) in [6.45, 7) is 6.35. The molecule has 1 rings (SSSR count). The molecular formula is C14H20F3NO7. The third-order valence-electron chi connectivity index (χ3n) is 2.98. The molecule has 8 nitrogen and oxygen atoms in total. The topological polar surface area (TPSA) is 111 Å². The highest BCUT2D eigenvalue weighted by atomic mass is 19.4. The number of aliphatic carboxylic acids is 1. The van der Waals surface area contributed by atoms with E-state index in [-0.39, 0.29) is 18.2 Å². The van der Waals surface area contributed by atoms with Crippen LogP contribution in [0.4, 0.5) is 18.0 Å². The van der Waals surface area contributed by atoms with E-state index in [1.807, 2.05) is 0 Å². The van der Waals surface area contributed by atoms with Crippen LogP contribution in [0.2, 0.25) is 0 Å². The highest BCUT2D eigenvalue weighted by Crippen LogP contribution is 2.19. The van der Waals surface area contributed by atoms with Crippen molar-refractivity contribution in [2.24, 2.45) is 0 Å². The summed E-state index contributed by atoms with van der Waals surface area (Å²) in [5.41, 5.74) is 0.116. The molecule has 0 saturated carbocycles. The van der Waals surface area contributed by atoms with Gasteiger partial charge < -0.3 is 24.6 Å². The standard InChI is InChI=1S/C12H19NO5.C2HF3O2/c1-4-17-12(15)18-10(8(2)11(14)16-3)9-6-5-7-13-9;3-2(4,5)1(6)7/h9-10,13H,2,4-7H2,1,3H3;(H,6,7)/t9-,10?;/m0./s1. The summed E-state index contributed by atoms with van der Waals surface area (Å²) in [6, 6.07) is -0.124. The normalized spacial score (nSPS) is 17.6. The lowest BCUT2D eigenvalue weighted by Gasteiger charge is -2.24. The summed E-state index contributed by atoms with van der Waals surface area (Å²) >= 11 is 0. The van der Waals surface area contributed by atoms with Gasteiger partial charge in [-0.3, -0.25) is 0 Å². The van der Waals surface area contributed by atoms with E-state index in [9.17, 15) is 22.8 Å². The van der Waals surface area contributed by atoms with Crippen molar-refractivity contribution in [3.63, 3.8) is 0 Å². The van der Waals surface area contributed by atoms with Crippen molar-refractivity contribution in [1.82, 2.24) is 5.32 Å². The molecule has 0 aromatic rings. The molecule has 0 bridgehead atoms. The van der Waals surface area contributed by atoms with Gasteiger partial charge in [-0.2, -0.15) is 13.2 Å². The number of carbonyl (C=O) groups is 3. The first-order chi connectivity index (χ1) is 11.5. The van der Waals surface area contributed by atoms with Gasteiger partial charge in [0.2, 0.25) is 0 Å². The highest BCUT2D eigenvalue weighted by Gasteiger charge is 2.38. The first-order valence-corrected chi connectivity index (χ1v) is 7.18. The number of esters is 1. The summed E-state index contributed by atoms with van der Waals surface area (Å²) in [7, 11) is 1.26. The van der Waals surface area contributed by atoms with Crippen LogP contribution in [0.5, 0.6) is 0 Å². The first-order valence-electron chi connectivity index (χ1n) is 7.18. The van der Waals surface area contributed by atoms with Crippen LogP contribution in [0, 0.1) is 0 Å². The molecule has 0 aromatic carbocycles. The van der Waals surface area contributed by atoms with E-state index in [4.69, 9.17) is 19.4 Å². The number of ether oxygens (including phenoxy) is 3. The lowest BCUT2D eigenvalue weighted by molar-refractivity contribution is -0.192. The molecular weight excluding hydrogens is 351 g/mol. The number of alkyl halides is 3.